The van der Waals surface area contributed by atoms with Crippen LogP contribution in [0.2, 0.25) is 0 Å². The van der Waals surface area contributed by atoms with Crippen molar-refractivity contribution in [3.8, 4) is 0 Å². The number of amides is 3. The maximum absolute atomic E-state index is 13.5. The van der Waals surface area contributed by atoms with E-state index >= 15 is 0 Å². The van der Waals surface area contributed by atoms with Gasteiger partial charge >= 0.3 is 12.1 Å². The molecule has 0 unspecified atom stereocenters. The van der Waals surface area contributed by atoms with E-state index in [9.17, 15) is 24.0 Å². The van der Waals surface area contributed by atoms with Crippen LogP contribution < -0.4 is 10.6 Å². The summed E-state index contributed by atoms with van der Waals surface area (Å²) in [6.45, 7) is -0.617. The van der Waals surface area contributed by atoms with Crippen LogP contribution in [-0.2, 0) is 36.9 Å². The van der Waals surface area contributed by atoms with Crippen LogP contribution in [0.25, 0.3) is 0 Å². The van der Waals surface area contributed by atoms with Crippen LogP contribution in [-0.4, -0.2) is 69.9 Å². The van der Waals surface area contributed by atoms with E-state index in [0.29, 0.717) is 12.8 Å². The summed E-state index contributed by atoms with van der Waals surface area (Å²) in [5.74, 6) is -3.33. The third-order valence-electron chi connectivity index (χ3n) is 5.98. The number of carbonyl (C=O) groups is 5. The van der Waals surface area contributed by atoms with Gasteiger partial charge in [-0.1, -0.05) is 67.1 Å². The molecule has 2 aromatic rings. The van der Waals surface area contributed by atoms with Crippen LogP contribution in [0.4, 0.5) is 4.79 Å². The molecule has 1 fully saturated rings. The van der Waals surface area contributed by atoms with Crippen LogP contribution in [0.3, 0.4) is 0 Å². The molecular formula is C27H31N3O7S. The zero-order valence-electron chi connectivity index (χ0n) is 20.8. The molecule has 1 aliphatic heterocycles. The Morgan fingerprint density at radius 3 is 2.29 bits per heavy atom. The van der Waals surface area contributed by atoms with Gasteiger partial charge in [0.25, 0.3) is 5.78 Å². The molecule has 11 heteroatoms. The number of carboxylic acids is 1. The number of aryl methyl sites for hydroxylation is 1. The summed E-state index contributed by atoms with van der Waals surface area (Å²) in [5.41, 5.74) is 1.98. The largest absolute Gasteiger partial charge is 0.475 e. The van der Waals surface area contributed by atoms with Gasteiger partial charge < -0.3 is 25.4 Å². The van der Waals surface area contributed by atoms with Gasteiger partial charge in [-0.3, -0.25) is 14.4 Å². The number of hydrogen-bond acceptors (Lipinski definition) is 7. The van der Waals surface area contributed by atoms with Gasteiger partial charge in [-0.05, 0) is 30.4 Å². The SMILES string of the molecule is O=C(N[C@@H](CCCCc1ccccc1)C(=O)N1CSC[C@H]1C(=O)NCC(=O)C(=O)O)OCc1ccccc1. The lowest BCUT2D eigenvalue weighted by Crippen LogP contribution is -2.54. The Morgan fingerprint density at radius 2 is 1.63 bits per heavy atom. The minimum absolute atomic E-state index is 0.0454. The van der Waals surface area contributed by atoms with Crippen molar-refractivity contribution in [2.45, 2.75) is 44.4 Å². The second kappa shape index (κ2) is 14.8. The molecule has 0 bridgehead atoms. The number of benzene rings is 2. The molecule has 1 saturated heterocycles. The smallest absolute Gasteiger partial charge is 0.408 e. The molecule has 202 valence electrons. The molecule has 0 spiro atoms. The zero-order valence-corrected chi connectivity index (χ0v) is 21.7. The van der Waals surface area contributed by atoms with Crippen molar-refractivity contribution in [1.82, 2.24) is 15.5 Å². The summed E-state index contributed by atoms with van der Waals surface area (Å²) in [6.07, 6.45) is 1.87. The van der Waals surface area contributed by atoms with Gasteiger partial charge in [-0.2, -0.15) is 0 Å². The highest BCUT2D eigenvalue weighted by atomic mass is 32.2. The summed E-state index contributed by atoms with van der Waals surface area (Å²) in [4.78, 5) is 62.1. The van der Waals surface area contributed by atoms with Gasteiger partial charge in [0.05, 0.1) is 12.4 Å². The number of aliphatic carboxylic acids is 1. The molecule has 0 radical (unpaired) electrons. The highest BCUT2D eigenvalue weighted by Gasteiger charge is 2.38. The fourth-order valence-corrected chi connectivity index (χ4v) is 5.09. The minimum atomic E-state index is -1.65. The summed E-state index contributed by atoms with van der Waals surface area (Å²) in [5, 5.41) is 13.7. The minimum Gasteiger partial charge on any atom is -0.475 e. The molecule has 3 amide bonds. The average Bonchev–Trinajstić information content (AvgIpc) is 3.43. The van der Waals surface area contributed by atoms with E-state index in [1.165, 1.54) is 22.2 Å². The maximum atomic E-state index is 13.5. The van der Waals surface area contributed by atoms with Crippen LogP contribution in [0.5, 0.6) is 0 Å². The lowest BCUT2D eigenvalue weighted by atomic mass is 10.0. The number of carbonyl (C=O) groups excluding carboxylic acids is 4. The number of alkyl carbamates (subject to hydrolysis) is 1. The van der Waals surface area contributed by atoms with Crippen LogP contribution >= 0.6 is 11.8 Å². The standard InChI is InChI=1S/C27H31N3O7S/c31-23(26(34)35)15-28-24(32)22-17-38-18-30(22)25(33)21(14-8-7-11-19-9-3-1-4-10-19)29-27(36)37-16-20-12-5-2-6-13-20/h1-6,9-10,12-13,21-22H,7-8,11,14-18H2,(H,28,32)(H,29,36)(H,34,35)/t21-,22-/m0/s1. The van der Waals surface area contributed by atoms with Crippen molar-refractivity contribution in [3.05, 3.63) is 71.8 Å². The van der Waals surface area contributed by atoms with Gasteiger partial charge in [-0.15, -0.1) is 11.8 Å². The number of rotatable bonds is 13. The van der Waals surface area contributed by atoms with E-state index in [1.807, 2.05) is 60.7 Å². The van der Waals surface area contributed by atoms with Gasteiger partial charge in [0, 0.05) is 5.75 Å². The van der Waals surface area contributed by atoms with Crippen LogP contribution in [0.15, 0.2) is 60.7 Å². The number of ketones is 1. The number of hydrogen-bond donors (Lipinski definition) is 3. The normalized spacial score (nSPS) is 15.4. The van der Waals surface area contributed by atoms with Crippen LogP contribution in [0.1, 0.15) is 30.4 Å². The predicted octanol–water partition coefficient (Wildman–Crippen LogP) is 2.37. The Morgan fingerprint density at radius 1 is 0.974 bits per heavy atom. The van der Waals surface area contributed by atoms with Crippen molar-refractivity contribution in [3.63, 3.8) is 0 Å². The van der Waals surface area contributed by atoms with Crippen molar-refractivity contribution in [2.75, 3.05) is 18.2 Å². The van der Waals surface area contributed by atoms with Gasteiger partial charge in [-0.25, -0.2) is 9.59 Å². The molecular weight excluding hydrogens is 510 g/mol. The molecule has 38 heavy (non-hydrogen) atoms. The molecule has 3 rings (SSSR count). The third-order valence-corrected chi connectivity index (χ3v) is 7.00. The van der Waals surface area contributed by atoms with Gasteiger partial charge in [0.1, 0.15) is 18.7 Å². The number of unbranched alkanes of at least 4 members (excludes halogenated alkanes) is 1. The Hall–Kier alpha value is -3.86. The Bertz CT molecular complexity index is 1110. The Kier molecular flexibility index (Phi) is 11.2. The van der Waals surface area contributed by atoms with Crippen molar-refractivity contribution in [1.29, 1.82) is 0 Å². The van der Waals surface area contributed by atoms with E-state index in [4.69, 9.17) is 9.84 Å². The fraction of sp³-hybridized carbons (Fsp3) is 0.370. The quantitative estimate of drug-likeness (QED) is 0.259. The zero-order chi connectivity index (χ0) is 27.3. The molecule has 2 aromatic carbocycles. The summed E-state index contributed by atoms with van der Waals surface area (Å²) in [6, 6.07) is 17.3. The monoisotopic (exact) mass is 541 g/mol. The highest BCUT2D eigenvalue weighted by molar-refractivity contribution is 7.99. The summed E-state index contributed by atoms with van der Waals surface area (Å²) < 4.78 is 5.31. The number of thioether (sulfide) groups is 1. The fourth-order valence-electron chi connectivity index (χ4n) is 3.92. The first-order valence-electron chi connectivity index (χ1n) is 12.3. The molecule has 0 aromatic heterocycles. The first-order valence-corrected chi connectivity index (χ1v) is 13.4. The lowest BCUT2D eigenvalue weighted by molar-refractivity contribution is -0.149. The predicted molar refractivity (Wildman–Crippen MR) is 141 cm³/mol. The summed E-state index contributed by atoms with van der Waals surface area (Å²) >= 11 is 1.36. The van der Waals surface area contributed by atoms with E-state index in [2.05, 4.69) is 10.6 Å². The van der Waals surface area contributed by atoms with E-state index in [-0.39, 0.29) is 18.2 Å². The van der Waals surface area contributed by atoms with Crippen molar-refractivity contribution >= 4 is 41.4 Å². The topological polar surface area (TPSA) is 142 Å². The number of Topliss-reactive ketones (excluding diaryl/α,β-unsaturated/α-hetero) is 1. The Labute approximate surface area is 225 Å². The molecule has 2 atom stereocenters. The summed E-state index contributed by atoms with van der Waals surface area (Å²) in [7, 11) is 0. The maximum Gasteiger partial charge on any atom is 0.408 e. The Balaban J connectivity index is 1.61. The third kappa shape index (κ3) is 8.91. The number of nitrogens with zero attached hydrogens (tertiary/aromatic N) is 1. The average molecular weight is 542 g/mol. The lowest BCUT2D eigenvalue weighted by Gasteiger charge is -2.28. The van der Waals surface area contributed by atoms with Gasteiger partial charge in [0.15, 0.2) is 0 Å². The number of nitrogens with one attached hydrogen (secondary N) is 2. The molecule has 0 saturated carbocycles. The van der Waals surface area contributed by atoms with E-state index < -0.39 is 48.3 Å². The number of ether oxygens (including phenoxy) is 1. The van der Waals surface area contributed by atoms with E-state index in [0.717, 1.165) is 18.4 Å². The second-order valence-corrected chi connectivity index (χ2v) is 9.76. The molecule has 10 nitrogen and oxygen atoms in total. The van der Waals surface area contributed by atoms with Crippen molar-refractivity contribution < 1.29 is 33.8 Å². The van der Waals surface area contributed by atoms with Crippen LogP contribution in [0, 0.1) is 0 Å². The molecule has 0 aliphatic carbocycles. The second-order valence-electron chi connectivity index (χ2n) is 8.76. The first kappa shape index (κ1) is 28.7. The highest BCUT2D eigenvalue weighted by Crippen LogP contribution is 2.23. The molecule has 3 N–H and O–H groups in total. The molecule has 1 aliphatic rings. The number of carboxylic acid groups (broad SMARTS) is 1. The van der Waals surface area contributed by atoms with E-state index in [1.54, 1.807) is 0 Å². The van der Waals surface area contributed by atoms with Gasteiger partial charge in [0.2, 0.25) is 11.8 Å². The van der Waals surface area contributed by atoms with Crippen molar-refractivity contribution in [2.24, 2.45) is 0 Å². The molecule has 1 heterocycles. The first-order chi connectivity index (χ1) is 18.3.